The maximum atomic E-state index is 2.70. The number of anilines is 6. The Morgan fingerprint density at radius 3 is 1.24 bits per heavy atom. The van der Waals surface area contributed by atoms with E-state index in [9.17, 15) is 0 Å². The minimum atomic E-state index is 0.00579. The fourth-order valence-electron chi connectivity index (χ4n) is 14.1. The maximum Gasteiger partial charge on any atom is 0.0561 e. The lowest BCUT2D eigenvalue weighted by molar-refractivity contribution is 0.443. The Balaban J connectivity index is 1.19. The van der Waals surface area contributed by atoms with Gasteiger partial charge < -0.3 is 9.80 Å². The molecule has 374 valence electrons. The van der Waals surface area contributed by atoms with Crippen molar-refractivity contribution in [1.82, 2.24) is 0 Å². The van der Waals surface area contributed by atoms with Crippen LogP contribution in [-0.2, 0) is 11.8 Å². The van der Waals surface area contributed by atoms with Crippen molar-refractivity contribution < 1.29 is 0 Å². The Kier molecular flexibility index (Phi) is 12.0. The van der Waals surface area contributed by atoms with Crippen molar-refractivity contribution in [2.75, 3.05) is 9.80 Å². The predicted molar refractivity (Wildman–Crippen MR) is 322 cm³/mol. The molecular weight excluding hydrogens is 905 g/mol. The first-order valence-electron chi connectivity index (χ1n) is 28.4. The molecular formula is C73H72N2. The second-order valence-electron chi connectivity index (χ2n) is 24.0. The van der Waals surface area contributed by atoms with Gasteiger partial charge in [0.25, 0.3) is 0 Å². The fourth-order valence-corrected chi connectivity index (χ4v) is 14.1. The van der Waals surface area contributed by atoms with E-state index in [1.807, 2.05) is 0 Å². The average Bonchev–Trinajstić information content (AvgIpc) is 3.42. The third-order valence-corrected chi connectivity index (χ3v) is 18.0. The molecule has 0 saturated heterocycles. The molecule has 0 spiro atoms. The normalized spacial score (nSPS) is 15.7. The zero-order chi connectivity index (χ0) is 51.1. The zero-order valence-corrected chi connectivity index (χ0v) is 45.4. The van der Waals surface area contributed by atoms with Gasteiger partial charge in [0, 0.05) is 34.0 Å². The lowest BCUT2D eigenvalue weighted by Crippen LogP contribution is -2.19. The molecule has 2 aliphatic carbocycles. The van der Waals surface area contributed by atoms with Crippen LogP contribution >= 0.6 is 0 Å². The Morgan fingerprint density at radius 1 is 0.387 bits per heavy atom. The van der Waals surface area contributed by atoms with E-state index in [0.29, 0.717) is 11.8 Å². The summed E-state index contributed by atoms with van der Waals surface area (Å²) >= 11 is 0. The van der Waals surface area contributed by atoms with Crippen LogP contribution in [0, 0.1) is 27.7 Å². The number of benzene rings is 10. The quantitative estimate of drug-likeness (QED) is 0.153. The molecule has 10 aromatic rings. The van der Waals surface area contributed by atoms with Crippen molar-refractivity contribution >= 4 is 66.4 Å². The van der Waals surface area contributed by atoms with Crippen molar-refractivity contribution in [3.8, 4) is 22.3 Å². The maximum absolute atomic E-state index is 2.70. The van der Waals surface area contributed by atoms with E-state index in [2.05, 4.69) is 222 Å². The molecule has 1 heterocycles. The third-order valence-electron chi connectivity index (χ3n) is 18.0. The van der Waals surface area contributed by atoms with Gasteiger partial charge in [-0.2, -0.15) is 0 Å². The van der Waals surface area contributed by atoms with Crippen LogP contribution in [0.1, 0.15) is 147 Å². The average molecular weight is 977 g/mol. The molecule has 0 amide bonds. The lowest BCUT2D eigenvalue weighted by atomic mass is 9.82. The highest BCUT2D eigenvalue weighted by Gasteiger charge is 2.31. The Bertz CT molecular complexity index is 3540. The number of fused-ring (bicyclic) bond motifs is 6. The van der Waals surface area contributed by atoms with Crippen LogP contribution in [-0.4, -0.2) is 0 Å². The van der Waals surface area contributed by atoms with Crippen molar-refractivity contribution in [3.63, 3.8) is 0 Å². The van der Waals surface area contributed by atoms with Crippen LogP contribution in [0.25, 0.3) is 54.6 Å². The van der Waals surface area contributed by atoms with Crippen LogP contribution < -0.4 is 9.80 Å². The van der Waals surface area contributed by atoms with Gasteiger partial charge in [-0.3, -0.25) is 0 Å². The number of hydrogen-bond acceptors (Lipinski definition) is 2. The fraction of sp³-hybridized carbons (Fsp3) is 0.288. The minimum absolute atomic E-state index is 0.00579. The van der Waals surface area contributed by atoms with Gasteiger partial charge in [-0.05, 0) is 202 Å². The summed E-state index contributed by atoms with van der Waals surface area (Å²) < 4.78 is 0. The van der Waals surface area contributed by atoms with Gasteiger partial charge >= 0.3 is 0 Å². The van der Waals surface area contributed by atoms with Crippen molar-refractivity contribution in [1.29, 1.82) is 0 Å². The molecule has 2 nitrogen and oxygen atoms in total. The van der Waals surface area contributed by atoms with Crippen LogP contribution in [0.4, 0.5) is 34.1 Å². The van der Waals surface area contributed by atoms with Gasteiger partial charge in [-0.1, -0.05) is 181 Å². The highest BCUT2D eigenvalue weighted by Crippen LogP contribution is 2.54. The molecule has 75 heavy (non-hydrogen) atoms. The zero-order valence-electron chi connectivity index (χ0n) is 45.4. The molecule has 2 heteroatoms. The van der Waals surface area contributed by atoms with Crippen LogP contribution in [0.2, 0.25) is 0 Å². The topological polar surface area (TPSA) is 6.48 Å². The van der Waals surface area contributed by atoms with Gasteiger partial charge in [0.1, 0.15) is 0 Å². The van der Waals surface area contributed by atoms with Crippen molar-refractivity contribution in [2.45, 2.75) is 136 Å². The summed E-state index contributed by atoms with van der Waals surface area (Å²) in [6, 6.07) is 65.2. The summed E-state index contributed by atoms with van der Waals surface area (Å²) in [4.78, 5) is 5.39. The van der Waals surface area contributed by atoms with Crippen LogP contribution in [0.5, 0.6) is 0 Å². The highest BCUT2D eigenvalue weighted by molar-refractivity contribution is 6.29. The molecule has 2 bridgehead atoms. The van der Waals surface area contributed by atoms with Gasteiger partial charge in [0.05, 0.1) is 22.7 Å². The first-order chi connectivity index (χ1) is 36.5. The Labute approximate surface area is 446 Å². The summed E-state index contributed by atoms with van der Waals surface area (Å²) in [5.74, 6) is 1.14. The van der Waals surface area contributed by atoms with E-state index in [-0.39, 0.29) is 5.41 Å². The second-order valence-corrected chi connectivity index (χ2v) is 24.0. The molecule has 3 aliphatic rings. The Hall–Kier alpha value is -7.16. The molecule has 0 atom stereocenters. The molecule has 0 unspecified atom stereocenters. The predicted octanol–water partition coefficient (Wildman–Crippen LogP) is 21.4. The van der Waals surface area contributed by atoms with E-state index in [1.54, 1.807) is 0 Å². The van der Waals surface area contributed by atoms with Crippen molar-refractivity contribution in [2.24, 2.45) is 0 Å². The molecule has 2 saturated carbocycles. The number of rotatable bonds is 6. The third kappa shape index (κ3) is 8.41. The number of nitrogens with zero attached hydrogens (tertiary/aromatic N) is 2. The van der Waals surface area contributed by atoms with E-state index in [1.165, 1.54) is 203 Å². The standard InChI is InChI=1S/C73H72N2/c1-46-18-14-19-47(2)69(46)58-32-30-54-38-55-31-33-59(70-48(3)20-15-21-49(70)4)44-66(55)75(62-29-17-27-53(42-62)51-24-12-9-13-25-51)68-45-67(74(65(54)43-58)61-28-16-26-52(41-61)50-22-10-8-11-23-50)63-36-34-56-39-60(73(5,6)7)40-57-35-37-64(68)72(63)71(56)57/h14-21,26-37,39-45,50-51H,8-13,22-25,38H2,1-7H3. The smallest absolute Gasteiger partial charge is 0.0561 e. The van der Waals surface area contributed by atoms with Gasteiger partial charge in [-0.15, -0.1) is 0 Å². The lowest BCUT2D eigenvalue weighted by Gasteiger charge is -2.36. The van der Waals surface area contributed by atoms with E-state index in [4.69, 9.17) is 0 Å². The summed E-state index contributed by atoms with van der Waals surface area (Å²) in [7, 11) is 0. The van der Waals surface area contributed by atoms with Crippen LogP contribution in [0.3, 0.4) is 0 Å². The largest absolute Gasteiger partial charge is 0.309 e. The second kappa shape index (κ2) is 18.9. The summed E-state index contributed by atoms with van der Waals surface area (Å²) in [6.45, 7) is 16.2. The highest BCUT2D eigenvalue weighted by atomic mass is 15.2. The van der Waals surface area contributed by atoms with E-state index in [0.717, 1.165) is 6.42 Å². The van der Waals surface area contributed by atoms with Crippen molar-refractivity contribution in [3.05, 3.63) is 214 Å². The van der Waals surface area contributed by atoms with E-state index < -0.39 is 0 Å². The minimum Gasteiger partial charge on any atom is -0.309 e. The number of aryl methyl sites for hydroxylation is 4. The first-order valence-corrected chi connectivity index (χ1v) is 28.4. The molecule has 2 fully saturated rings. The summed E-state index contributed by atoms with van der Waals surface area (Å²) in [6.07, 6.45) is 13.7. The molecule has 1 aliphatic heterocycles. The van der Waals surface area contributed by atoms with Crippen LogP contribution in [0.15, 0.2) is 164 Å². The molecule has 0 aromatic heterocycles. The van der Waals surface area contributed by atoms with Gasteiger partial charge in [-0.25, -0.2) is 0 Å². The van der Waals surface area contributed by atoms with Gasteiger partial charge in [0.15, 0.2) is 0 Å². The van der Waals surface area contributed by atoms with Gasteiger partial charge in [0.2, 0.25) is 0 Å². The molecule has 0 N–H and O–H groups in total. The Morgan fingerprint density at radius 2 is 0.813 bits per heavy atom. The monoisotopic (exact) mass is 977 g/mol. The van der Waals surface area contributed by atoms with E-state index >= 15 is 0 Å². The first kappa shape index (κ1) is 47.5. The SMILES string of the molecule is Cc1cccc(C)c1-c1ccc2c(c1)N(c1cccc(C3CCCCC3)c1)c1cc(c3ccc4cc(C(C)(C)C)cc5ccc1c3c54)N(c1cccc(C3CCCCC3)c1)c1cc(-c3c(C)cccc3C)ccc1C2. The number of hydrogen-bond donors (Lipinski definition) is 0. The summed E-state index contributed by atoms with van der Waals surface area (Å²) in [5, 5.41) is 7.85. The molecule has 10 aromatic carbocycles. The molecule has 0 radical (unpaired) electrons. The molecule has 13 rings (SSSR count). The summed E-state index contributed by atoms with van der Waals surface area (Å²) in [5.41, 5.74) is 24.7.